The third kappa shape index (κ3) is 5.09. The van der Waals surface area contributed by atoms with Crippen LogP contribution < -0.4 is 0 Å². The van der Waals surface area contributed by atoms with Gasteiger partial charge in [0.2, 0.25) is 0 Å². The molecular weight excluding hydrogens is 212 g/mol. The summed E-state index contributed by atoms with van der Waals surface area (Å²) in [6.45, 7) is 2.90. The van der Waals surface area contributed by atoms with E-state index >= 15 is 0 Å². The summed E-state index contributed by atoms with van der Waals surface area (Å²) in [6.07, 6.45) is 1.84. The van der Waals surface area contributed by atoms with Crippen LogP contribution in [0, 0.1) is 0 Å². The van der Waals surface area contributed by atoms with E-state index in [-0.39, 0.29) is 13.1 Å². The van der Waals surface area contributed by atoms with E-state index in [2.05, 4.69) is 0 Å². The second kappa shape index (κ2) is 6.44. The molecule has 1 aliphatic rings. The minimum atomic E-state index is -0.828. The smallest absolute Gasteiger partial charge is 0.317 e. The van der Waals surface area contributed by atoms with Crippen molar-refractivity contribution < 1.29 is 19.8 Å². The molecule has 0 spiro atoms. The molecule has 0 unspecified atom stereocenters. The van der Waals surface area contributed by atoms with Crippen LogP contribution in [0.15, 0.2) is 0 Å². The minimum Gasteiger partial charge on any atom is -0.480 e. The molecule has 1 heterocycles. The van der Waals surface area contributed by atoms with Crippen molar-refractivity contribution in [2.75, 3.05) is 39.3 Å². The van der Waals surface area contributed by atoms with Gasteiger partial charge in [0.15, 0.2) is 0 Å². The Bertz CT molecular complexity index is 231. The van der Waals surface area contributed by atoms with Crippen LogP contribution in [-0.4, -0.2) is 71.2 Å². The number of carboxylic acid groups (broad SMARTS) is 2. The van der Waals surface area contributed by atoms with Gasteiger partial charge in [-0.05, 0) is 25.9 Å². The highest BCUT2D eigenvalue weighted by Crippen LogP contribution is 2.03. The van der Waals surface area contributed by atoms with Gasteiger partial charge in [0.05, 0.1) is 13.1 Å². The standard InChI is InChI=1S/C10H18N2O4/c13-9(14)7-11-3-1-2-4-12(6-5-11)8-10(15)16/h1-8H2,(H,13,14)(H,15,16). The Labute approximate surface area is 94.4 Å². The van der Waals surface area contributed by atoms with Crippen LogP contribution in [-0.2, 0) is 9.59 Å². The monoisotopic (exact) mass is 230 g/mol. The fourth-order valence-corrected chi connectivity index (χ4v) is 1.88. The number of rotatable bonds is 4. The van der Waals surface area contributed by atoms with E-state index in [0.717, 1.165) is 25.9 Å². The lowest BCUT2D eigenvalue weighted by molar-refractivity contribution is -0.140. The van der Waals surface area contributed by atoms with E-state index in [9.17, 15) is 9.59 Å². The fraction of sp³-hybridized carbons (Fsp3) is 0.800. The van der Waals surface area contributed by atoms with Crippen molar-refractivity contribution in [2.45, 2.75) is 12.8 Å². The van der Waals surface area contributed by atoms with Crippen LogP contribution in [0.25, 0.3) is 0 Å². The highest BCUT2D eigenvalue weighted by molar-refractivity contribution is 5.69. The summed E-state index contributed by atoms with van der Waals surface area (Å²) in [5.74, 6) is -1.66. The molecule has 0 aromatic carbocycles. The van der Waals surface area contributed by atoms with Crippen LogP contribution in [0.5, 0.6) is 0 Å². The SMILES string of the molecule is O=C(O)CN1CCCCN(CC(=O)O)CC1. The quantitative estimate of drug-likeness (QED) is 0.681. The number of hydrogen-bond acceptors (Lipinski definition) is 4. The highest BCUT2D eigenvalue weighted by atomic mass is 16.4. The van der Waals surface area contributed by atoms with Gasteiger partial charge in [-0.15, -0.1) is 0 Å². The first-order valence-electron chi connectivity index (χ1n) is 5.46. The molecule has 0 aliphatic carbocycles. The van der Waals surface area contributed by atoms with Gasteiger partial charge < -0.3 is 10.2 Å². The average Bonchev–Trinajstić information content (AvgIpc) is 2.14. The Hall–Kier alpha value is -1.14. The Morgan fingerprint density at radius 2 is 1.19 bits per heavy atom. The van der Waals surface area contributed by atoms with E-state index in [0.29, 0.717) is 13.1 Å². The van der Waals surface area contributed by atoms with Gasteiger partial charge in [-0.1, -0.05) is 0 Å². The minimum absolute atomic E-state index is 0.0426. The summed E-state index contributed by atoms with van der Waals surface area (Å²) in [5, 5.41) is 17.4. The molecule has 0 amide bonds. The van der Waals surface area contributed by atoms with Crippen LogP contribution in [0.1, 0.15) is 12.8 Å². The molecule has 1 rings (SSSR count). The van der Waals surface area contributed by atoms with E-state index in [4.69, 9.17) is 10.2 Å². The molecule has 1 saturated heterocycles. The second-order valence-electron chi connectivity index (χ2n) is 4.05. The molecule has 1 fully saturated rings. The Morgan fingerprint density at radius 1 is 0.812 bits per heavy atom. The fourth-order valence-electron chi connectivity index (χ4n) is 1.88. The van der Waals surface area contributed by atoms with Crippen molar-refractivity contribution >= 4 is 11.9 Å². The maximum atomic E-state index is 10.6. The maximum Gasteiger partial charge on any atom is 0.317 e. The highest BCUT2D eigenvalue weighted by Gasteiger charge is 2.16. The number of carbonyl (C=O) groups is 2. The summed E-state index contributed by atoms with van der Waals surface area (Å²) in [4.78, 5) is 24.9. The van der Waals surface area contributed by atoms with Crippen molar-refractivity contribution in [2.24, 2.45) is 0 Å². The molecule has 0 aromatic rings. The second-order valence-corrected chi connectivity index (χ2v) is 4.05. The summed E-state index contributed by atoms with van der Waals surface area (Å²) < 4.78 is 0. The molecule has 16 heavy (non-hydrogen) atoms. The first-order chi connectivity index (χ1) is 7.58. The lowest BCUT2D eigenvalue weighted by atomic mass is 10.2. The van der Waals surface area contributed by atoms with E-state index in [1.54, 1.807) is 0 Å². The van der Waals surface area contributed by atoms with Gasteiger partial charge in [-0.3, -0.25) is 19.4 Å². The summed E-state index contributed by atoms with van der Waals surface area (Å²) in [7, 11) is 0. The predicted octanol–water partition coefficient (Wildman–Crippen LogP) is -0.447. The van der Waals surface area contributed by atoms with Crippen molar-refractivity contribution in [3.05, 3.63) is 0 Å². The zero-order chi connectivity index (χ0) is 12.0. The first kappa shape index (κ1) is 12.9. The molecule has 2 N–H and O–H groups in total. The molecule has 0 bridgehead atoms. The van der Waals surface area contributed by atoms with Crippen molar-refractivity contribution in [1.82, 2.24) is 9.80 Å². The van der Waals surface area contributed by atoms with Gasteiger partial charge in [0.1, 0.15) is 0 Å². The zero-order valence-electron chi connectivity index (χ0n) is 9.26. The van der Waals surface area contributed by atoms with E-state index in [1.165, 1.54) is 0 Å². The lowest BCUT2D eigenvalue weighted by Crippen LogP contribution is -2.42. The normalized spacial score (nSPS) is 20.0. The van der Waals surface area contributed by atoms with Crippen LogP contribution in [0.2, 0.25) is 0 Å². The van der Waals surface area contributed by atoms with Gasteiger partial charge in [0, 0.05) is 13.1 Å². The average molecular weight is 230 g/mol. The molecule has 6 heteroatoms. The maximum absolute atomic E-state index is 10.6. The van der Waals surface area contributed by atoms with Gasteiger partial charge >= 0.3 is 11.9 Å². The molecule has 6 nitrogen and oxygen atoms in total. The molecule has 92 valence electrons. The van der Waals surface area contributed by atoms with Crippen LogP contribution >= 0.6 is 0 Å². The number of aliphatic carboxylic acids is 2. The number of nitrogens with zero attached hydrogens (tertiary/aromatic N) is 2. The third-order valence-corrected chi connectivity index (χ3v) is 2.65. The zero-order valence-corrected chi connectivity index (χ0v) is 9.26. The van der Waals surface area contributed by atoms with Crippen molar-refractivity contribution in [1.29, 1.82) is 0 Å². The molecule has 0 aromatic heterocycles. The van der Waals surface area contributed by atoms with Crippen LogP contribution in [0.4, 0.5) is 0 Å². The van der Waals surface area contributed by atoms with Gasteiger partial charge in [-0.25, -0.2) is 0 Å². The Balaban J connectivity index is 2.39. The molecule has 0 atom stereocenters. The molecule has 1 aliphatic heterocycles. The van der Waals surface area contributed by atoms with Crippen molar-refractivity contribution in [3.63, 3.8) is 0 Å². The first-order valence-corrected chi connectivity index (χ1v) is 5.46. The number of hydrogen-bond donors (Lipinski definition) is 2. The van der Waals surface area contributed by atoms with E-state index in [1.807, 2.05) is 9.80 Å². The Morgan fingerprint density at radius 3 is 1.50 bits per heavy atom. The molecule has 0 saturated carbocycles. The van der Waals surface area contributed by atoms with Gasteiger partial charge in [-0.2, -0.15) is 0 Å². The Kier molecular flexibility index (Phi) is 5.21. The van der Waals surface area contributed by atoms with E-state index < -0.39 is 11.9 Å². The predicted molar refractivity (Wildman–Crippen MR) is 57.4 cm³/mol. The topological polar surface area (TPSA) is 81.1 Å². The summed E-state index contributed by atoms with van der Waals surface area (Å²) in [6, 6.07) is 0. The van der Waals surface area contributed by atoms with Gasteiger partial charge in [0.25, 0.3) is 0 Å². The number of carboxylic acids is 2. The molecule has 0 radical (unpaired) electrons. The largest absolute Gasteiger partial charge is 0.480 e. The van der Waals surface area contributed by atoms with Crippen LogP contribution in [0.3, 0.4) is 0 Å². The summed E-state index contributed by atoms with van der Waals surface area (Å²) >= 11 is 0. The third-order valence-electron chi connectivity index (χ3n) is 2.65. The lowest BCUT2D eigenvalue weighted by Gasteiger charge is -2.28. The summed E-state index contributed by atoms with van der Waals surface area (Å²) in [5.41, 5.74) is 0. The van der Waals surface area contributed by atoms with Crippen molar-refractivity contribution in [3.8, 4) is 0 Å². The molecular formula is C10H18N2O4.